The highest BCUT2D eigenvalue weighted by Crippen LogP contribution is 2.87. The number of hydrogen-bond acceptors (Lipinski definition) is 4. The van der Waals surface area contributed by atoms with E-state index in [9.17, 15) is 4.79 Å². The summed E-state index contributed by atoms with van der Waals surface area (Å²) in [5, 5.41) is 0. The van der Waals surface area contributed by atoms with E-state index in [4.69, 9.17) is 22.8 Å². The number of carbonyl (C=O) groups is 1. The molecule has 0 aliphatic heterocycles. The zero-order valence-electron chi connectivity index (χ0n) is 24.7. The molecule has 0 bridgehead atoms. The SMILES string of the molecule is C=C1C23CCC(OC(=O)c4cc(N)cc(N)c4)CC2=CCC2C4CCC(C(C)CCCC(C)C)C4(C)CCC123. The molecule has 39 heavy (non-hydrogen) atoms. The monoisotopic (exact) mass is 530 g/mol. The molecule has 6 rings (SSSR count). The maximum atomic E-state index is 12.9. The lowest BCUT2D eigenvalue weighted by Gasteiger charge is -2.54. The molecule has 4 heteroatoms. The Kier molecular flexibility index (Phi) is 6.51. The molecule has 0 amide bonds. The summed E-state index contributed by atoms with van der Waals surface area (Å²) in [6.45, 7) is 14.7. The topological polar surface area (TPSA) is 78.3 Å². The van der Waals surface area contributed by atoms with Gasteiger partial charge in [-0.15, -0.1) is 0 Å². The van der Waals surface area contributed by atoms with Crippen LogP contribution >= 0.6 is 0 Å². The lowest BCUT2D eigenvalue weighted by molar-refractivity contribution is -0.0355. The van der Waals surface area contributed by atoms with E-state index in [0.29, 0.717) is 27.8 Å². The minimum absolute atomic E-state index is 0.0876. The molecule has 4 N–H and O–H groups in total. The number of esters is 1. The van der Waals surface area contributed by atoms with Crippen LogP contribution in [0.3, 0.4) is 0 Å². The van der Waals surface area contributed by atoms with Crippen LogP contribution in [0.25, 0.3) is 0 Å². The fourth-order valence-electron chi connectivity index (χ4n) is 10.7. The summed E-state index contributed by atoms with van der Waals surface area (Å²) in [6.07, 6.45) is 16.1. The molecule has 0 radical (unpaired) electrons. The van der Waals surface area contributed by atoms with Gasteiger partial charge in [-0.3, -0.25) is 0 Å². The van der Waals surface area contributed by atoms with Crippen molar-refractivity contribution in [2.45, 2.75) is 104 Å². The third kappa shape index (κ3) is 3.94. The van der Waals surface area contributed by atoms with Crippen LogP contribution in [0.15, 0.2) is 42.0 Å². The fraction of sp³-hybridized carbons (Fsp3) is 0.686. The summed E-state index contributed by atoms with van der Waals surface area (Å²) in [5.74, 6) is 3.77. The summed E-state index contributed by atoms with van der Waals surface area (Å²) in [5.41, 5.74) is 17.2. The number of allylic oxidation sites excluding steroid dienone is 2. The molecule has 0 saturated heterocycles. The number of carbonyl (C=O) groups excluding carboxylic acids is 1. The van der Waals surface area contributed by atoms with Crippen LogP contribution in [-0.2, 0) is 4.74 Å². The van der Waals surface area contributed by atoms with Crippen LogP contribution in [0.2, 0.25) is 0 Å². The first-order chi connectivity index (χ1) is 18.5. The lowest BCUT2D eigenvalue weighted by atomic mass is 9.50. The molecule has 2 spiro atoms. The quantitative estimate of drug-likeness (QED) is 0.211. The van der Waals surface area contributed by atoms with Gasteiger partial charge < -0.3 is 16.2 Å². The fourth-order valence-corrected chi connectivity index (χ4v) is 10.7. The van der Waals surface area contributed by atoms with Crippen LogP contribution in [0, 0.1) is 45.8 Å². The Balaban J connectivity index is 1.17. The predicted octanol–water partition coefficient (Wildman–Crippen LogP) is 8.34. The molecule has 4 fully saturated rings. The zero-order chi connectivity index (χ0) is 27.7. The summed E-state index contributed by atoms with van der Waals surface area (Å²) in [4.78, 5) is 12.9. The molecule has 5 aliphatic rings. The van der Waals surface area contributed by atoms with Gasteiger partial charge >= 0.3 is 5.97 Å². The Morgan fingerprint density at radius 2 is 1.77 bits per heavy atom. The van der Waals surface area contributed by atoms with Gasteiger partial charge in [-0.05, 0) is 98.1 Å². The van der Waals surface area contributed by atoms with Gasteiger partial charge in [-0.2, -0.15) is 0 Å². The number of rotatable bonds is 7. The predicted molar refractivity (Wildman–Crippen MR) is 160 cm³/mol. The van der Waals surface area contributed by atoms with Crippen molar-refractivity contribution in [2.24, 2.45) is 45.8 Å². The first kappa shape index (κ1) is 27.0. The van der Waals surface area contributed by atoms with Gasteiger partial charge in [0.2, 0.25) is 0 Å². The Hall–Kier alpha value is -2.23. The molecule has 4 nitrogen and oxygen atoms in total. The second-order valence-corrected chi connectivity index (χ2v) is 14.7. The van der Waals surface area contributed by atoms with Crippen molar-refractivity contribution >= 4 is 17.3 Å². The highest BCUT2D eigenvalue weighted by Gasteiger charge is 2.79. The second-order valence-electron chi connectivity index (χ2n) is 14.7. The molecule has 8 unspecified atom stereocenters. The standard InChI is InChI=1S/C35H50N2O2/c1-21(2)7-6-8-22(3)29-11-12-30-31-10-9-25-19-28(39-32(38)24-17-26(36)20-27(37)18-24)13-14-34(25)23(4)35(31,34)16-15-33(29,30)5/h9,17-18,20-22,28-31H,4,6-8,10-16,19,36-37H2,1-3,5H3. The van der Waals surface area contributed by atoms with E-state index in [1.165, 1.54) is 62.5 Å². The van der Waals surface area contributed by atoms with E-state index >= 15 is 0 Å². The minimum Gasteiger partial charge on any atom is -0.458 e. The average molecular weight is 531 g/mol. The Labute approximate surface area is 236 Å². The number of nitrogens with two attached hydrogens (primary N) is 2. The van der Waals surface area contributed by atoms with Gasteiger partial charge in [-0.1, -0.05) is 70.8 Å². The summed E-state index contributed by atoms with van der Waals surface area (Å²) < 4.78 is 6.02. The number of nitrogen functional groups attached to an aromatic ring is 2. The summed E-state index contributed by atoms with van der Waals surface area (Å²) in [7, 11) is 0. The maximum Gasteiger partial charge on any atom is 0.338 e. The Morgan fingerprint density at radius 3 is 2.49 bits per heavy atom. The smallest absolute Gasteiger partial charge is 0.338 e. The van der Waals surface area contributed by atoms with E-state index in [2.05, 4.69) is 33.8 Å². The van der Waals surface area contributed by atoms with E-state index < -0.39 is 0 Å². The minimum atomic E-state index is -0.318. The van der Waals surface area contributed by atoms with Crippen LogP contribution in [0.5, 0.6) is 0 Å². The van der Waals surface area contributed by atoms with Gasteiger partial charge in [0.05, 0.1) is 5.56 Å². The molecule has 8 atom stereocenters. The van der Waals surface area contributed by atoms with Gasteiger partial charge in [0.15, 0.2) is 0 Å². The van der Waals surface area contributed by atoms with Crippen molar-refractivity contribution in [1.29, 1.82) is 0 Å². The largest absolute Gasteiger partial charge is 0.458 e. The number of benzene rings is 1. The number of ether oxygens (including phenoxy) is 1. The first-order valence-electron chi connectivity index (χ1n) is 15.8. The van der Waals surface area contributed by atoms with Gasteiger partial charge in [0.1, 0.15) is 6.10 Å². The van der Waals surface area contributed by atoms with Crippen LogP contribution in [0.4, 0.5) is 11.4 Å². The third-order valence-corrected chi connectivity index (χ3v) is 12.5. The van der Waals surface area contributed by atoms with Crippen LogP contribution in [-0.4, -0.2) is 12.1 Å². The molecule has 1 aromatic carbocycles. The molecule has 5 aliphatic carbocycles. The highest BCUT2D eigenvalue weighted by molar-refractivity contribution is 5.92. The van der Waals surface area contributed by atoms with E-state index in [-0.39, 0.29) is 17.5 Å². The van der Waals surface area contributed by atoms with Crippen molar-refractivity contribution < 1.29 is 9.53 Å². The molecule has 4 saturated carbocycles. The number of anilines is 2. The van der Waals surface area contributed by atoms with Crippen molar-refractivity contribution in [3.05, 3.63) is 47.6 Å². The Bertz CT molecular complexity index is 1180. The molecule has 0 heterocycles. The van der Waals surface area contributed by atoms with Crippen molar-refractivity contribution in [3.8, 4) is 0 Å². The van der Waals surface area contributed by atoms with Crippen molar-refractivity contribution in [3.63, 3.8) is 0 Å². The van der Waals surface area contributed by atoms with Crippen LogP contribution in [0.1, 0.15) is 109 Å². The molecule has 212 valence electrons. The summed E-state index contributed by atoms with van der Waals surface area (Å²) >= 11 is 0. The normalized spacial score (nSPS) is 39.2. The third-order valence-electron chi connectivity index (χ3n) is 12.5. The van der Waals surface area contributed by atoms with E-state index in [0.717, 1.165) is 48.9 Å². The van der Waals surface area contributed by atoms with Crippen molar-refractivity contribution in [2.75, 3.05) is 11.5 Å². The molecule has 1 aromatic rings. The first-order valence-corrected chi connectivity index (χ1v) is 15.8. The molecular formula is C35H50N2O2. The van der Waals surface area contributed by atoms with Gasteiger partial charge in [0, 0.05) is 28.6 Å². The maximum absolute atomic E-state index is 12.9. The van der Waals surface area contributed by atoms with Gasteiger partial charge in [-0.25, -0.2) is 4.79 Å². The molecule has 0 aromatic heterocycles. The molecular weight excluding hydrogens is 480 g/mol. The van der Waals surface area contributed by atoms with E-state index in [1.807, 2.05) is 0 Å². The summed E-state index contributed by atoms with van der Waals surface area (Å²) in [6, 6.07) is 4.98. The zero-order valence-corrected chi connectivity index (χ0v) is 24.7. The lowest BCUT2D eigenvalue weighted by Crippen LogP contribution is -2.47. The number of fused-ring (bicyclic) bond motifs is 2. The number of hydrogen-bond donors (Lipinski definition) is 2. The van der Waals surface area contributed by atoms with Gasteiger partial charge in [0.25, 0.3) is 0 Å². The van der Waals surface area contributed by atoms with Crippen LogP contribution < -0.4 is 11.5 Å². The second kappa shape index (κ2) is 9.42. The average Bonchev–Trinajstić information content (AvgIpc) is 3.19. The Morgan fingerprint density at radius 1 is 1.03 bits per heavy atom. The highest BCUT2D eigenvalue weighted by atomic mass is 16.5. The van der Waals surface area contributed by atoms with E-state index in [1.54, 1.807) is 18.2 Å². The van der Waals surface area contributed by atoms with Crippen molar-refractivity contribution in [1.82, 2.24) is 0 Å².